The fraction of sp³-hybridized carbons (Fsp3) is 0.458. The van der Waals surface area contributed by atoms with Gasteiger partial charge in [-0.1, -0.05) is 44.2 Å². The molecule has 0 spiro atoms. The number of rotatable bonds is 12. The van der Waals surface area contributed by atoms with Crippen molar-refractivity contribution in [3.63, 3.8) is 0 Å². The molecule has 5 heteroatoms. The predicted molar refractivity (Wildman–Crippen MR) is 116 cm³/mol. The van der Waals surface area contributed by atoms with Crippen LogP contribution < -0.4 is 14.8 Å². The van der Waals surface area contributed by atoms with E-state index in [1.807, 2.05) is 44.2 Å². The molecule has 0 fully saturated rings. The second-order valence-electron chi connectivity index (χ2n) is 7.26. The third-order valence-corrected chi connectivity index (χ3v) is 4.53. The Morgan fingerprint density at radius 2 is 1.66 bits per heavy atom. The van der Waals surface area contributed by atoms with Crippen LogP contribution in [0.3, 0.4) is 0 Å². The standard InChI is InChI=1S/C24H33NO4/c1-4-13-28-22-12-11-20(16-23(22)29-14-5-2)24(27)25-17-21(15-18(3)26)19-9-7-6-8-10-19/h6-12,16,18,21,26H,4-5,13-15,17H2,1-3H3,(H,25,27). The summed E-state index contributed by atoms with van der Waals surface area (Å²) in [5.41, 5.74) is 1.63. The third-order valence-electron chi connectivity index (χ3n) is 4.53. The summed E-state index contributed by atoms with van der Waals surface area (Å²) < 4.78 is 11.5. The average molecular weight is 400 g/mol. The van der Waals surface area contributed by atoms with Crippen LogP contribution in [0.4, 0.5) is 0 Å². The molecule has 0 heterocycles. The molecule has 2 aromatic rings. The molecule has 5 nitrogen and oxygen atoms in total. The maximum Gasteiger partial charge on any atom is 0.251 e. The predicted octanol–water partition coefficient (Wildman–Crippen LogP) is 4.55. The Labute approximate surface area is 174 Å². The van der Waals surface area contributed by atoms with Crippen molar-refractivity contribution in [3.8, 4) is 11.5 Å². The zero-order chi connectivity index (χ0) is 21.1. The lowest BCUT2D eigenvalue weighted by Gasteiger charge is -2.20. The van der Waals surface area contributed by atoms with E-state index in [-0.39, 0.29) is 11.8 Å². The number of carbonyl (C=O) groups is 1. The number of nitrogens with one attached hydrogen (secondary N) is 1. The SMILES string of the molecule is CCCOc1ccc(C(=O)NCC(CC(C)O)c2ccccc2)cc1OCCC. The number of amides is 1. The Bertz CT molecular complexity index is 746. The van der Waals surface area contributed by atoms with Crippen molar-refractivity contribution in [1.29, 1.82) is 0 Å². The molecule has 0 aromatic heterocycles. The average Bonchev–Trinajstić information content (AvgIpc) is 2.74. The highest BCUT2D eigenvalue weighted by Gasteiger charge is 2.17. The molecule has 2 aromatic carbocycles. The third kappa shape index (κ3) is 7.42. The van der Waals surface area contributed by atoms with Crippen LogP contribution in [-0.4, -0.2) is 36.9 Å². The second kappa shape index (κ2) is 12.1. The van der Waals surface area contributed by atoms with Crippen molar-refractivity contribution in [2.24, 2.45) is 0 Å². The van der Waals surface area contributed by atoms with Crippen LogP contribution in [-0.2, 0) is 0 Å². The summed E-state index contributed by atoms with van der Waals surface area (Å²) in [5, 5.41) is 12.8. The van der Waals surface area contributed by atoms with Crippen LogP contribution in [0.2, 0.25) is 0 Å². The van der Waals surface area contributed by atoms with E-state index < -0.39 is 6.10 Å². The molecule has 0 saturated heterocycles. The molecule has 0 radical (unpaired) electrons. The lowest BCUT2D eigenvalue weighted by molar-refractivity contribution is 0.0945. The van der Waals surface area contributed by atoms with E-state index in [0.29, 0.717) is 43.2 Å². The first kappa shape index (κ1) is 22.8. The number of aliphatic hydroxyl groups excluding tert-OH is 1. The first-order valence-electron chi connectivity index (χ1n) is 10.5. The van der Waals surface area contributed by atoms with E-state index in [2.05, 4.69) is 5.32 Å². The highest BCUT2D eigenvalue weighted by Crippen LogP contribution is 2.29. The van der Waals surface area contributed by atoms with Crippen LogP contribution in [0.1, 0.15) is 61.9 Å². The number of hydrogen-bond donors (Lipinski definition) is 2. The van der Waals surface area contributed by atoms with Gasteiger partial charge in [-0.15, -0.1) is 0 Å². The minimum atomic E-state index is -0.443. The molecule has 0 bridgehead atoms. The van der Waals surface area contributed by atoms with Gasteiger partial charge >= 0.3 is 0 Å². The summed E-state index contributed by atoms with van der Waals surface area (Å²) in [7, 11) is 0. The molecule has 2 N–H and O–H groups in total. The Balaban J connectivity index is 2.09. The van der Waals surface area contributed by atoms with Crippen LogP contribution in [0.25, 0.3) is 0 Å². The zero-order valence-corrected chi connectivity index (χ0v) is 17.7. The second-order valence-corrected chi connectivity index (χ2v) is 7.26. The minimum absolute atomic E-state index is 0.0446. The van der Waals surface area contributed by atoms with Gasteiger partial charge < -0.3 is 19.9 Å². The van der Waals surface area contributed by atoms with Gasteiger partial charge in [0.1, 0.15) is 0 Å². The summed E-state index contributed by atoms with van der Waals surface area (Å²) >= 11 is 0. The fourth-order valence-corrected chi connectivity index (χ4v) is 3.10. The minimum Gasteiger partial charge on any atom is -0.490 e. The lowest BCUT2D eigenvalue weighted by Crippen LogP contribution is -2.29. The molecule has 0 aliphatic heterocycles. The molecule has 0 aliphatic carbocycles. The largest absolute Gasteiger partial charge is 0.490 e. The summed E-state index contributed by atoms with van der Waals surface area (Å²) in [6, 6.07) is 15.2. The molecular formula is C24H33NO4. The van der Waals surface area contributed by atoms with Gasteiger partial charge in [0.05, 0.1) is 19.3 Å². The maximum absolute atomic E-state index is 12.7. The van der Waals surface area contributed by atoms with Gasteiger partial charge in [-0.25, -0.2) is 0 Å². The summed E-state index contributed by atoms with van der Waals surface area (Å²) in [6.45, 7) is 7.47. The first-order valence-corrected chi connectivity index (χ1v) is 10.5. The molecule has 0 aliphatic rings. The normalized spacial score (nSPS) is 12.8. The van der Waals surface area contributed by atoms with Gasteiger partial charge in [0.15, 0.2) is 11.5 Å². The molecule has 2 unspecified atom stereocenters. The number of benzene rings is 2. The van der Waals surface area contributed by atoms with E-state index in [9.17, 15) is 9.90 Å². The van der Waals surface area contributed by atoms with E-state index in [1.165, 1.54) is 0 Å². The number of ether oxygens (including phenoxy) is 2. The van der Waals surface area contributed by atoms with Gasteiger partial charge in [0.2, 0.25) is 0 Å². The van der Waals surface area contributed by atoms with E-state index >= 15 is 0 Å². The molecule has 29 heavy (non-hydrogen) atoms. The van der Waals surface area contributed by atoms with Crippen molar-refractivity contribution in [1.82, 2.24) is 5.32 Å². The summed E-state index contributed by atoms with van der Waals surface area (Å²) in [6.07, 6.45) is 1.92. The lowest BCUT2D eigenvalue weighted by atomic mass is 9.93. The molecule has 158 valence electrons. The Hall–Kier alpha value is -2.53. The first-order chi connectivity index (χ1) is 14.0. The number of aliphatic hydroxyl groups is 1. The van der Waals surface area contributed by atoms with Crippen LogP contribution >= 0.6 is 0 Å². The monoisotopic (exact) mass is 399 g/mol. The molecule has 1 amide bonds. The molecular weight excluding hydrogens is 366 g/mol. The smallest absolute Gasteiger partial charge is 0.251 e. The van der Waals surface area contributed by atoms with E-state index in [1.54, 1.807) is 25.1 Å². The highest BCUT2D eigenvalue weighted by molar-refractivity contribution is 5.94. The zero-order valence-electron chi connectivity index (χ0n) is 17.7. The van der Waals surface area contributed by atoms with Crippen molar-refractivity contribution < 1.29 is 19.4 Å². The summed E-state index contributed by atoms with van der Waals surface area (Å²) in [5.74, 6) is 1.13. The van der Waals surface area contributed by atoms with Gasteiger partial charge in [-0.05, 0) is 49.9 Å². The maximum atomic E-state index is 12.7. The van der Waals surface area contributed by atoms with Crippen LogP contribution in [0.5, 0.6) is 11.5 Å². The van der Waals surface area contributed by atoms with Crippen LogP contribution in [0, 0.1) is 0 Å². The van der Waals surface area contributed by atoms with Crippen LogP contribution in [0.15, 0.2) is 48.5 Å². The van der Waals surface area contributed by atoms with Crippen molar-refractivity contribution in [3.05, 3.63) is 59.7 Å². The quantitative estimate of drug-likeness (QED) is 0.549. The molecule has 0 saturated carbocycles. The van der Waals surface area contributed by atoms with E-state index in [0.717, 1.165) is 18.4 Å². The molecule has 2 atom stereocenters. The number of carbonyl (C=O) groups excluding carboxylic acids is 1. The van der Waals surface area contributed by atoms with Crippen molar-refractivity contribution >= 4 is 5.91 Å². The molecule has 2 rings (SSSR count). The van der Waals surface area contributed by atoms with Gasteiger partial charge in [0.25, 0.3) is 5.91 Å². The van der Waals surface area contributed by atoms with Gasteiger partial charge in [0, 0.05) is 18.0 Å². The Morgan fingerprint density at radius 1 is 1.00 bits per heavy atom. The topological polar surface area (TPSA) is 67.8 Å². The van der Waals surface area contributed by atoms with Crippen molar-refractivity contribution in [2.75, 3.05) is 19.8 Å². The summed E-state index contributed by atoms with van der Waals surface area (Å²) in [4.78, 5) is 12.7. The number of hydrogen-bond acceptors (Lipinski definition) is 4. The van der Waals surface area contributed by atoms with E-state index in [4.69, 9.17) is 9.47 Å². The Morgan fingerprint density at radius 3 is 2.28 bits per heavy atom. The Kier molecular flexibility index (Phi) is 9.51. The fourth-order valence-electron chi connectivity index (χ4n) is 3.10. The van der Waals surface area contributed by atoms with Crippen molar-refractivity contribution in [2.45, 2.75) is 52.1 Å². The highest BCUT2D eigenvalue weighted by atomic mass is 16.5. The van der Waals surface area contributed by atoms with Gasteiger partial charge in [-0.2, -0.15) is 0 Å². The van der Waals surface area contributed by atoms with Gasteiger partial charge in [-0.3, -0.25) is 4.79 Å².